The molecule has 2 N–H and O–H groups in total. The number of carbonyl (C=O) groups excluding carboxylic acids is 1. The van der Waals surface area contributed by atoms with Gasteiger partial charge in [-0.05, 0) is 62.9 Å². The smallest absolute Gasteiger partial charge is 0.414 e. The van der Waals surface area contributed by atoms with Crippen LogP contribution in [0.25, 0.3) is 16.5 Å². The first kappa shape index (κ1) is 22.7. The van der Waals surface area contributed by atoms with Crippen LogP contribution in [0.4, 0.5) is 14.9 Å². The number of aromatic nitrogens is 1. The van der Waals surface area contributed by atoms with Crippen molar-refractivity contribution in [2.24, 2.45) is 5.73 Å². The monoisotopic (exact) mass is 442 g/mol. The van der Waals surface area contributed by atoms with Crippen molar-refractivity contribution in [3.05, 3.63) is 80.3 Å². The van der Waals surface area contributed by atoms with Crippen molar-refractivity contribution in [3.8, 4) is 0 Å². The second kappa shape index (κ2) is 8.29. The fraction of sp³-hybridized carbons (Fsp3) is 0.273. The number of pyridine rings is 1. The van der Waals surface area contributed by atoms with Crippen LogP contribution < -0.4 is 16.2 Å². The number of allylic oxidation sites excluding steroid dienone is 4. The van der Waals surface area contributed by atoms with Crippen LogP contribution in [0.1, 0.15) is 27.2 Å². The van der Waals surface area contributed by atoms with Crippen molar-refractivity contribution in [3.63, 3.8) is 0 Å². The van der Waals surface area contributed by atoms with Crippen molar-refractivity contribution in [2.75, 3.05) is 11.9 Å². The molecule has 32 heavy (non-hydrogen) atoms. The SMILES string of the molecule is CN(C(=O)OC(C)(C)C)c1cc2ccn(C3=CCC=C([N+](=O)[O-])C(N)=C3)c(=O)c2cc1F. The third-order valence-corrected chi connectivity index (χ3v) is 4.71. The number of carbonyl (C=O) groups is 1. The highest BCUT2D eigenvalue weighted by Gasteiger charge is 2.23. The van der Waals surface area contributed by atoms with Crippen molar-refractivity contribution in [1.82, 2.24) is 4.57 Å². The first-order chi connectivity index (χ1) is 14.9. The molecule has 1 amide bonds. The van der Waals surface area contributed by atoms with Crippen LogP contribution in [0.3, 0.4) is 0 Å². The highest BCUT2D eigenvalue weighted by atomic mass is 19.1. The largest absolute Gasteiger partial charge is 0.443 e. The fourth-order valence-corrected chi connectivity index (χ4v) is 3.19. The van der Waals surface area contributed by atoms with Gasteiger partial charge in [-0.2, -0.15) is 0 Å². The predicted molar refractivity (Wildman–Crippen MR) is 119 cm³/mol. The third-order valence-electron chi connectivity index (χ3n) is 4.71. The number of nitro groups is 1. The lowest BCUT2D eigenvalue weighted by Gasteiger charge is -2.25. The summed E-state index contributed by atoms with van der Waals surface area (Å²) in [5.41, 5.74) is 4.47. The lowest BCUT2D eigenvalue weighted by Crippen LogP contribution is -2.34. The predicted octanol–water partition coefficient (Wildman–Crippen LogP) is 3.76. The Morgan fingerprint density at radius 1 is 1.31 bits per heavy atom. The van der Waals surface area contributed by atoms with E-state index in [1.54, 1.807) is 32.9 Å². The van der Waals surface area contributed by atoms with Gasteiger partial charge in [-0.1, -0.05) is 6.08 Å². The molecular weight excluding hydrogens is 419 g/mol. The Labute approximate surface area is 183 Å². The molecule has 9 nitrogen and oxygen atoms in total. The first-order valence-electron chi connectivity index (χ1n) is 9.73. The molecule has 0 fully saturated rings. The molecule has 0 aliphatic heterocycles. The van der Waals surface area contributed by atoms with E-state index in [9.17, 15) is 24.1 Å². The van der Waals surface area contributed by atoms with Crippen LogP contribution in [0.15, 0.2) is 58.8 Å². The van der Waals surface area contributed by atoms with E-state index < -0.39 is 28.0 Å². The fourth-order valence-electron chi connectivity index (χ4n) is 3.19. The number of nitrogens with zero attached hydrogens (tertiary/aromatic N) is 3. The Bertz CT molecular complexity index is 1270. The molecule has 1 aromatic carbocycles. The number of hydrogen-bond acceptors (Lipinski definition) is 6. The molecule has 0 saturated heterocycles. The van der Waals surface area contributed by atoms with E-state index in [2.05, 4.69) is 0 Å². The molecule has 168 valence electrons. The Morgan fingerprint density at radius 2 is 2.00 bits per heavy atom. The van der Waals surface area contributed by atoms with Crippen molar-refractivity contribution in [2.45, 2.75) is 32.8 Å². The van der Waals surface area contributed by atoms with E-state index in [0.29, 0.717) is 11.1 Å². The van der Waals surface area contributed by atoms with Crippen molar-refractivity contribution < 1.29 is 18.8 Å². The summed E-state index contributed by atoms with van der Waals surface area (Å²) in [6.07, 6.45) is 5.22. The number of anilines is 1. The third kappa shape index (κ3) is 4.53. The molecule has 1 aliphatic carbocycles. The van der Waals surface area contributed by atoms with Gasteiger partial charge < -0.3 is 10.5 Å². The van der Waals surface area contributed by atoms with Gasteiger partial charge in [0.25, 0.3) is 11.3 Å². The zero-order valence-corrected chi connectivity index (χ0v) is 18.1. The van der Waals surface area contributed by atoms with Gasteiger partial charge in [-0.15, -0.1) is 0 Å². The van der Waals surface area contributed by atoms with Gasteiger partial charge in [-0.3, -0.25) is 24.4 Å². The summed E-state index contributed by atoms with van der Waals surface area (Å²) in [5.74, 6) is -0.775. The number of amides is 1. The molecule has 10 heteroatoms. The van der Waals surface area contributed by atoms with Crippen LogP contribution in [0, 0.1) is 15.9 Å². The van der Waals surface area contributed by atoms with Gasteiger partial charge in [0.15, 0.2) is 0 Å². The quantitative estimate of drug-likeness (QED) is 0.571. The Kier molecular flexibility index (Phi) is 5.89. The van der Waals surface area contributed by atoms with Gasteiger partial charge in [0.2, 0.25) is 0 Å². The Balaban J connectivity index is 2.03. The van der Waals surface area contributed by atoms with Crippen LogP contribution in [-0.2, 0) is 4.74 Å². The van der Waals surface area contributed by atoms with E-state index in [0.717, 1.165) is 11.0 Å². The van der Waals surface area contributed by atoms with Gasteiger partial charge >= 0.3 is 6.09 Å². The summed E-state index contributed by atoms with van der Waals surface area (Å²) in [5, 5.41) is 11.6. The summed E-state index contributed by atoms with van der Waals surface area (Å²) < 4.78 is 21.4. The molecule has 3 rings (SSSR count). The molecule has 1 aliphatic rings. The highest BCUT2D eigenvalue weighted by Crippen LogP contribution is 2.26. The van der Waals surface area contributed by atoms with Crippen LogP contribution >= 0.6 is 0 Å². The minimum absolute atomic E-state index is 0.0402. The van der Waals surface area contributed by atoms with E-state index in [4.69, 9.17) is 10.5 Å². The lowest BCUT2D eigenvalue weighted by atomic mass is 10.1. The van der Waals surface area contributed by atoms with E-state index in [1.807, 2.05) is 0 Å². The van der Waals surface area contributed by atoms with Crippen molar-refractivity contribution in [1.29, 1.82) is 0 Å². The van der Waals surface area contributed by atoms with E-state index in [-0.39, 0.29) is 28.9 Å². The molecule has 1 aromatic heterocycles. The molecular formula is C22H23FN4O5. The number of nitrogens with two attached hydrogens (primary N) is 1. The average molecular weight is 442 g/mol. The maximum Gasteiger partial charge on any atom is 0.414 e. The summed E-state index contributed by atoms with van der Waals surface area (Å²) >= 11 is 0. The first-order valence-corrected chi connectivity index (χ1v) is 9.73. The van der Waals surface area contributed by atoms with Gasteiger partial charge in [0, 0.05) is 18.9 Å². The summed E-state index contributed by atoms with van der Waals surface area (Å²) in [6.45, 7) is 5.10. The van der Waals surface area contributed by atoms with Gasteiger partial charge in [0.05, 0.1) is 16.0 Å². The normalized spacial score (nSPS) is 14.2. The number of benzene rings is 1. The minimum atomic E-state index is -0.775. The number of halogens is 1. The average Bonchev–Trinajstić information content (AvgIpc) is 2.88. The van der Waals surface area contributed by atoms with Crippen LogP contribution in [0.2, 0.25) is 0 Å². The number of ether oxygens (including phenoxy) is 1. The maximum atomic E-state index is 14.9. The second-order valence-corrected chi connectivity index (χ2v) is 8.23. The molecule has 2 aromatic rings. The Morgan fingerprint density at radius 3 is 2.62 bits per heavy atom. The molecule has 0 spiro atoms. The molecule has 0 unspecified atom stereocenters. The van der Waals surface area contributed by atoms with Gasteiger partial charge in [-0.25, -0.2) is 9.18 Å². The summed E-state index contributed by atoms with van der Waals surface area (Å²) in [6, 6.07) is 4.02. The second-order valence-electron chi connectivity index (χ2n) is 8.23. The standard InChI is InChI=1S/C22H23FN4O5/c1-22(2,3)32-21(29)25(4)19-10-13-8-9-26(20(28)15(13)12-16(19)23)14-6-5-7-18(27(30)31)17(24)11-14/h6-12H,5,24H2,1-4H3. The zero-order valence-electron chi connectivity index (χ0n) is 18.1. The molecule has 1 heterocycles. The number of fused-ring (bicyclic) bond motifs is 1. The topological polar surface area (TPSA) is 121 Å². The highest BCUT2D eigenvalue weighted by molar-refractivity contribution is 5.93. The Hall–Kier alpha value is -3.95. The maximum absolute atomic E-state index is 14.9. The van der Waals surface area contributed by atoms with E-state index in [1.165, 1.54) is 36.0 Å². The van der Waals surface area contributed by atoms with Gasteiger partial charge in [0.1, 0.15) is 17.1 Å². The molecule has 0 radical (unpaired) electrons. The minimum Gasteiger partial charge on any atom is -0.443 e. The molecule has 0 atom stereocenters. The number of hydrogen-bond donors (Lipinski definition) is 1. The summed E-state index contributed by atoms with van der Waals surface area (Å²) in [4.78, 5) is 36.9. The number of rotatable bonds is 3. The van der Waals surface area contributed by atoms with E-state index >= 15 is 0 Å². The van der Waals surface area contributed by atoms with Crippen LogP contribution in [-0.4, -0.2) is 28.2 Å². The molecule has 0 saturated carbocycles. The van der Waals surface area contributed by atoms with Crippen molar-refractivity contribution >= 4 is 28.3 Å². The lowest BCUT2D eigenvalue weighted by molar-refractivity contribution is -0.421. The van der Waals surface area contributed by atoms with Crippen LogP contribution in [0.5, 0.6) is 0 Å². The zero-order chi connectivity index (χ0) is 23.8. The molecule has 0 bridgehead atoms. The summed E-state index contributed by atoms with van der Waals surface area (Å²) in [7, 11) is 1.38.